The van der Waals surface area contributed by atoms with Crippen molar-refractivity contribution in [3.63, 3.8) is 0 Å². The molecule has 2 unspecified atom stereocenters. The first-order chi connectivity index (χ1) is 31.9. The highest BCUT2D eigenvalue weighted by Gasteiger charge is 2.50. The van der Waals surface area contributed by atoms with Gasteiger partial charge >= 0.3 is 0 Å². The van der Waals surface area contributed by atoms with Crippen LogP contribution >= 0.6 is 0 Å². The highest BCUT2D eigenvalue weighted by Crippen LogP contribution is 2.47. The van der Waals surface area contributed by atoms with Gasteiger partial charge in [0.25, 0.3) is 0 Å². The maximum atomic E-state index is 13.8. The molecule has 0 aromatic heterocycles. The van der Waals surface area contributed by atoms with Gasteiger partial charge in [-0.2, -0.15) is 0 Å². The third-order valence-electron chi connectivity index (χ3n) is 12.2. The largest absolute Gasteiger partial charge is 0.490 e. The molecule has 5 aromatic rings. The molecule has 342 valence electrons. The molecular formula is C54H52F4N2O6. The molecule has 0 saturated carbocycles. The van der Waals surface area contributed by atoms with Crippen molar-refractivity contribution in [1.29, 1.82) is 0 Å². The summed E-state index contributed by atoms with van der Waals surface area (Å²) in [5, 5.41) is 21.6. The van der Waals surface area contributed by atoms with E-state index in [9.17, 15) is 37.4 Å². The van der Waals surface area contributed by atoms with Gasteiger partial charge in [-0.1, -0.05) is 62.1 Å². The van der Waals surface area contributed by atoms with Gasteiger partial charge < -0.3 is 29.5 Å². The Morgan fingerprint density at radius 1 is 0.652 bits per heavy atom. The number of allylic oxidation sites excluding steroid dienone is 3. The first kappa shape index (κ1) is 47.2. The van der Waals surface area contributed by atoms with Crippen LogP contribution in [0.2, 0.25) is 0 Å². The number of halogens is 4. The van der Waals surface area contributed by atoms with Gasteiger partial charge in [0.1, 0.15) is 48.0 Å². The van der Waals surface area contributed by atoms with Crippen LogP contribution in [0.25, 0.3) is 0 Å². The second kappa shape index (κ2) is 21.9. The van der Waals surface area contributed by atoms with Crippen LogP contribution in [0.1, 0.15) is 67.5 Å². The number of β-lactam (4-membered cyclic amide) rings is 2. The minimum absolute atomic E-state index is 0.121. The van der Waals surface area contributed by atoms with Crippen LogP contribution in [0.5, 0.6) is 5.75 Å². The van der Waals surface area contributed by atoms with Crippen LogP contribution < -0.4 is 14.5 Å². The van der Waals surface area contributed by atoms with Gasteiger partial charge in [0.05, 0.1) is 36.1 Å². The lowest BCUT2D eigenvalue weighted by Crippen LogP contribution is -2.63. The third-order valence-corrected chi connectivity index (χ3v) is 12.2. The number of anilines is 2. The molecule has 0 bridgehead atoms. The molecular weight excluding hydrogens is 849 g/mol. The molecule has 2 heterocycles. The summed E-state index contributed by atoms with van der Waals surface area (Å²) in [6.07, 6.45) is 10.4. The van der Waals surface area contributed by atoms with Gasteiger partial charge in [-0.25, -0.2) is 17.6 Å². The van der Waals surface area contributed by atoms with E-state index in [1.807, 2.05) is 55.5 Å². The quantitative estimate of drug-likeness (QED) is 0.0250. The fourth-order valence-electron chi connectivity index (χ4n) is 8.66. The Bertz CT molecular complexity index is 2510. The fraction of sp³-hybridized carbons (Fsp3) is 0.259. The molecule has 66 heavy (non-hydrogen) atoms. The Morgan fingerprint density at radius 3 is 1.65 bits per heavy atom. The minimum Gasteiger partial charge on any atom is -0.490 e. The zero-order valence-corrected chi connectivity index (χ0v) is 36.4. The van der Waals surface area contributed by atoms with E-state index in [-0.39, 0.29) is 43.0 Å². The summed E-state index contributed by atoms with van der Waals surface area (Å²) in [5.41, 5.74) is 3.13. The number of hydrogen-bond acceptors (Lipinski definition) is 6. The number of aliphatic hydroxyl groups is 2. The molecule has 0 spiro atoms. The van der Waals surface area contributed by atoms with E-state index in [0.29, 0.717) is 59.7 Å². The molecule has 0 radical (unpaired) electrons. The van der Waals surface area contributed by atoms with Crippen molar-refractivity contribution in [2.45, 2.75) is 56.9 Å². The number of carbonyl (C=O) groups is 2. The molecule has 2 fully saturated rings. The normalized spacial score (nSPS) is 20.0. The second-order valence-electron chi connectivity index (χ2n) is 16.5. The lowest BCUT2D eigenvalue weighted by Gasteiger charge is -2.50. The highest BCUT2D eigenvalue weighted by atomic mass is 19.1. The first-order valence-corrected chi connectivity index (χ1v) is 22.0. The summed E-state index contributed by atoms with van der Waals surface area (Å²) in [4.78, 5) is 30.3. The number of carbonyl (C=O) groups excluding carboxylic acids is 2. The van der Waals surface area contributed by atoms with Gasteiger partial charge in [-0.3, -0.25) is 9.59 Å². The lowest BCUT2D eigenvalue weighted by atomic mass is 9.75. The Morgan fingerprint density at radius 2 is 1.12 bits per heavy atom. The van der Waals surface area contributed by atoms with Crippen molar-refractivity contribution in [3.05, 3.63) is 210 Å². The Hall–Kier alpha value is -6.76. The van der Waals surface area contributed by atoms with Crippen LogP contribution in [0, 0.1) is 41.0 Å². The third kappa shape index (κ3) is 11.4. The molecule has 5 aromatic carbocycles. The van der Waals surface area contributed by atoms with Crippen molar-refractivity contribution >= 4 is 23.2 Å². The van der Waals surface area contributed by atoms with Crippen molar-refractivity contribution in [2.75, 3.05) is 23.0 Å². The number of amides is 2. The minimum atomic E-state index is -0.868. The van der Waals surface area contributed by atoms with E-state index in [2.05, 4.69) is 6.58 Å². The number of benzene rings is 5. The number of ether oxygens (including phenoxy) is 2. The van der Waals surface area contributed by atoms with E-state index >= 15 is 0 Å². The Labute approximate surface area is 382 Å². The molecule has 0 aliphatic carbocycles. The SMILES string of the molecule is C=C/C=C(\C=C/C(C)[C@@H]1[C@@H](CC[C@H](O)c2ccc(F)cc2)C(=O)N1c1ccc(F)cc1)OC/C=C/COc1ccc([C@@H]2C(CC[C@H](O)c3ccc(F)cc3)C(=O)N2c2ccc(F)cc2)cc1. The molecule has 2 aliphatic heterocycles. The summed E-state index contributed by atoms with van der Waals surface area (Å²) in [6.45, 7) is 6.26. The predicted octanol–water partition coefficient (Wildman–Crippen LogP) is 11.2. The maximum Gasteiger partial charge on any atom is 0.233 e. The summed E-state index contributed by atoms with van der Waals surface area (Å²) < 4.78 is 66.5. The Kier molecular flexibility index (Phi) is 15.7. The predicted molar refractivity (Wildman–Crippen MR) is 246 cm³/mol. The van der Waals surface area contributed by atoms with Crippen molar-refractivity contribution < 1.29 is 46.8 Å². The summed E-state index contributed by atoms with van der Waals surface area (Å²) in [6, 6.07) is 29.6. The summed E-state index contributed by atoms with van der Waals surface area (Å²) >= 11 is 0. The van der Waals surface area contributed by atoms with Crippen LogP contribution in [-0.4, -0.2) is 41.3 Å². The second-order valence-corrected chi connectivity index (χ2v) is 16.5. The van der Waals surface area contributed by atoms with Crippen LogP contribution in [-0.2, 0) is 14.3 Å². The number of nitrogens with zero attached hydrogens (tertiary/aromatic N) is 2. The molecule has 7 atom stereocenters. The van der Waals surface area contributed by atoms with Crippen LogP contribution in [0.4, 0.5) is 28.9 Å². The highest BCUT2D eigenvalue weighted by molar-refractivity contribution is 6.04. The van der Waals surface area contributed by atoms with Crippen molar-refractivity contribution in [1.82, 2.24) is 0 Å². The van der Waals surface area contributed by atoms with Gasteiger partial charge in [0, 0.05) is 11.4 Å². The molecule has 2 N–H and O–H groups in total. The average Bonchev–Trinajstić information content (AvgIpc) is 3.31. The topological polar surface area (TPSA) is 99.5 Å². The van der Waals surface area contributed by atoms with Gasteiger partial charge in [0.15, 0.2) is 0 Å². The van der Waals surface area contributed by atoms with Crippen LogP contribution in [0.15, 0.2) is 170 Å². The van der Waals surface area contributed by atoms with E-state index in [1.165, 1.54) is 72.8 Å². The number of hydrogen-bond donors (Lipinski definition) is 2. The van der Waals surface area contributed by atoms with E-state index in [4.69, 9.17) is 9.47 Å². The lowest BCUT2D eigenvalue weighted by molar-refractivity contribution is -0.132. The van der Waals surface area contributed by atoms with Crippen molar-refractivity contribution in [2.24, 2.45) is 17.8 Å². The molecule has 8 nitrogen and oxygen atoms in total. The maximum absolute atomic E-state index is 13.8. The van der Waals surface area contributed by atoms with E-state index in [1.54, 1.807) is 46.2 Å². The summed E-state index contributed by atoms with van der Waals surface area (Å²) in [7, 11) is 0. The molecule has 2 saturated heterocycles. The average molecular weight is 901 g/mol. The fourth-order valence-corrected chi connectivity index (χ4v) is 8.66. The van der Waals surface area contributed by atoms with Crippen molar-refractivity contribution in [3.8, 4) is 5.75 Å². The molecule has 12 heteroatoms. The molecule has 7 rings (SSSR count). The monoisotopic (exact) mass is 900 g/mol. The zero-order chi connectivity index (χ0) is 46.7. The number of rotatable bonds is 21. The van der Waals surface area contributed by atoms with Gasteiger partial charge in [-0.05, 0) is 158 Å². The van der Waals surface area contributed by atoms with E-state index in [0.717, 1.165) is 5.56 Å². The molecule has 2 amide bonds. The number of aliphatic hydroxyl groups excluding tert-OH is 2. The summed E-state index contributed by atoms with van der Waals surface area (Å²) in [5.74, 6) is -1.76. The van der Waals surface area contributed by atoms with Gasteiger partial charge in [-0.15, -0.1) is 0 Å². The van der Waals surface area contributed by atoms with Crippen LogP contribution in [0.3, 0.4) is 0 Å². The standard InChI is InChI=1S/C54H52F4N2O6/c1-3-6-45(26-7-35(2)51-47(29-31-49(61)36-8-14-39(55)15-9-36)53(63)59(51)43-22-18-41(57)19-23-43)65-33-4-5-34-66-46-27-12-38(13-28-46)52-48(30-32-50(62)37-10-16-40(56)17-11-37)54(64)60(52)44-24-20-42(58)21-25-44/h3-28,35,47-52,61-62H,1,29-34H2,2H3/b5-4+,26-7-,45-6+/t35?,47-,48?,49+,50+,51-,52-/m1/s1. The van der Waals surface area contributed by atoms with Gasteiger partial charge in [0.2, 0.25) is 11.8 Å². The first-order valence-electron chi connectivity index (χ1n) is 22.0. The molecule has 2 aliphatic rings. The van der Waals surface area contributed by atoms with E-state index < -0.39 is 47.3 Å². The Balaban J connectivity index is 0.929. The smallest absolute Gasteiger partial charge is 0.233 e. The zero-order valence-electron chi connectivity index (χ0n) is 36.4.